The van der Waals surface area contributed by atoms with Crippen LogP contribution in [0.5, 0.6) is 0 Å². The maximum absolute atomic E-state index is 4.55. The van der Waals surface area contributed by atoms with E-state index in [0.717, 1.165) is 12.0 Å². The Bertz CT molecular complexity index is 1090. The van der Waals surface area contributed by atoms with Gasteiger partial charge in [-0.3, -0.25) is 4.99 Å². The predicted octanol–water partition coefficient (Wildman–Crippen LogP) is 5.67. The SMILES string of the molecule is CC1=Cc2c(ccc3ccccc23)C1[SiH3].CCC1=NC2=CC=C(C)C2=C1C. The Balaban J connectivity index is 0.000000137. The van der Waals surface area contributed by atoms with Crippen LogP contribution in [0.3, 0.4) is 0 Å². The van der Waals surface area contributed by atoms with E-state index in [1.165, 1.54) is 65.8 Å². The smallest absolute Gasteiger partial charge is 0.0711 e. The van der Waals surface area contributed by atoms with Crippen molar-refractivity contribution >= 4 is 32.8 Å². The summed E-state index contributed by atoms with van der Waals surface area (Å²) in [5.74, 6) is 0. The minimum absolute atomic E-state index is 0.726. The predicted molar refractivity (Wildman–Crippen MR) is 123 cm³/mol. The molecule has 5 rings (SSSR count). The van der Waals surface area contributed by atoms with Crippen molar-refractivity contribution in [1.82, 2.24) is 0 Å². The molecule has 0 saturated heterocycles. The molecule has 2 aliphatic carbocycles. The number of nitrogens with zero attached hydrogens (tertiary/aromatic N) is 1. The molecule has 0 aromatic heterocycles. The first-order valence-electron chi connectivity index (χ1n) is 9.89. The van der Waals surface area contributed by atoms with E-state index >= 15 is 0 Å². The van der Waals surface area contributed by atoms with Crippen LogP contribution < -0.4 is 0 Å². The maximum Gasteiger partial charge on any atom is 0.0711 e. The van der Waals surface area contributed by atoms with Gasteiger partial charge in [-0.05, 0) is 71.9 Å². The third kappa shape index (κ3) is 2.98. The van der Waals surface area contributed by atoms with E-state index in [4.69, 9.17) is 0 Å². The highest BCUT2D eigenvalue weighted by Crippen LogP contribution is 2.38. The van der Waals surface area contributed by atoms with E-state index in [9.17, 15) is 0 Å². The minimum Gasteiger partial charge on any atom is -0.253 e. The lowest BCUT2D eigenvalue weighted by atomic mass is 10.0. The number of hydrogen-bond donors (Lipinski definition) is 0. The molecule has 2 aromatic carbocycles. The maximum atomic E-state index is 4.55. The summed E-state index contributed by atoms with van der Waals surface area (Å²) in [6, 6.07) is 13.2. The Morgan fingerprint density at radius 3 is 2.52 bits per heavy atom. The van der Waals surface area contributed by atoms with Gasteiger partial charge in [-0.15, -0.1) is 0 Å². The van der Waals surface area contributed by atoms with E-state index in [1.807, 2.05) is 0 Å². The Morgan fingerprint density at radius 2 is 1.78 bits per heavy atom. The molecular weight excluding hydrogens is 342 g/mol. The normalized spacial score (nSPS) is 19.9. The Morgan fingerprint density at radius 1 is 1.00 bits per heavy atom. The van der Waals surface area contributed by atoms with Crippen LogP contribution in [-0.2, 0) is 0 Å². The number of aliphatic imine (C=N–C) groups is 1. The van der Waals surface area contributed by atoms with Crippen molar-refractivity contribution in [3.8, 4) is 0 Å². The Kier molecular flexibility index (Phi) is 4.61. The molecule has 0 N–H and O–H groups in total. The molecule has 1 aliphatic heterocycles. The molecule has 136 valence electrons. The van der Waals surface area contributed by atoms with Gasteiger partial charge in [0.05, 0.1) is 5.70 Å². The lowest BCUT2D eigenvalue weighted by Crippen LogP contribution is -1.95. The largest absolute Gasteiger partial charge is 0.253 e. The van der Waals surface area contributed by atoms with Crippen molar-refractivity contribution in [1.29, 1.82) is 0 Å². The summed E-state index contributed by atoms with van der Waals surface area (Å²) in [6.45, 7) is 8.73. The summed E-state index contributed by atoms with van der Waals surface area (Å²) in [5, 5.41) is 2.77. The van der Waals surface area contributed by atoms with Crippen LogP contribution in [0.1, 0.15) is 50.8 Å². The Labute approximate surface area is 165 Å². The van der Waals surface area contributed by atoms with Crippen LogP contribution in [0.4, 0.5) is 0 Å². The molecule has 1 unspecified atom stereocenters. The Hall–Kier alpha value is -2.45. The standard InChI is InChI=1S/C14H14Si.C11H13N/c1-9-8-13-11-5-3-2-4-10(11)6-7-12(13)14(9)15;1-4-9-8(3)11-7(2)5-6-10(11)12-9/h2-8,14H,1,15H3;5-6H,4H2,1-3H3. The van der Waals surface area contributed by atoms with E-state index < -0.39 is 0 Å². The molecule has 27 heavy (non-hydrogen) atoms. The molecule has 1 nitrogen and oxygen atoms in total. The van der Waals surface area contributed by atoms with E-state index in [2.05, 4.69) is 87.3 Å². The van der Waals surface area contributed by atoms with Crippen molar-refractivity contribution in [2.24, 2.45) is 4.99 Å². The molecule has 2 aromatic rings. The monoisotopic (exact) mass is 369 g/mol. The van der Waals surface area contributed by atoms with Crippen LogP contribution in [0.2, 0.25) is 0 Å². The van der Waals surface area contributed by atoms with Crippen molar-refractivity contribution in [2.75, 3.05) is 0 Å². The van der Waals surface area contributed by atoms with Gasteiger partial charge in [0.2, 0.25) is 0 Å². The van der Waals surface area contributed by atoms with Crippen LogP contribution in [0.15, 0.2) is 81.5 Å². The molecule has 1 heterocycles. The molecule has 0 bridgehead atoms. The van der Waals surface area contributed by atoms with Crippen LogP contribution in [0.25, 0.3) is 16.8 Å². The van der Waals surface area contributed by atoms with E-state index in [-0.39, 0.29) is 0 Å². The van der Waals surface area contributed by atoms with Crippen molar-refractivity contribution in [2.45, 2.75) is 39.7 Å². The number of hydrogen-bond acceptors (Lipinski definition) is 1. The van der Waals surface area contributed by atoms with E-state index in [0.29, 0.717) is 0 Å². The molecule has 3 aliphatic rings. The fourth-order valence-electron chi connectivity index (χ4n) is 4.32. The minimum atomic E-state index is 0.726. The first kappa shape index (κ1) is 17.9. The lowest BCUT2D eigenvalue weighted by Gasteiger charge is -2.08. The second-order valence-electron chi connectivity index (χ2n) is 7.71. The molecule has 0 fully saturated rings. The summed E-state index contributed by atoms with van der Waals surface area (Å²) in [6.07, 6.45) is 7.66. The fraction of sp³-hybridized carbons (Fsp3) is 0.240. The quantitative estimate of drug-likeness (QED) is 0.574. The number of benzene rings is 2. The highest BCUT2D eigenvalue weighted by Gasteiger charge is 2.22. The fourth-order valence-corrected chi connectivity index (χ4v) is 4.99. The molecule has 2 heteroatoms. The van der Waals surface area contributed by atoms with Crippen LogP contribution in [-0.4, -0.2) is 16.0 Å². The zero-order valence-corrected chi connectivity index (χ0v) is 18.9. The van der Waals surface area contributed by atoms with Gasteiger partial charge in [-0.2, -0.15) is 0 Å². The number of rotatable bonds is 1. The van der Waals surface area contributed by atoms with Gasteiger partial charge in [0.15, 0.2) is 0 Å². The van der Waals surface area contributed by atoms with Gasteiger partial charge in [0.25, 0.3) is 0 Å². The average molecular weight is 370 g/mol. The zero-order chi connectivity index (χ0) is 19.1. The molecule has 0 saturated carbocycles. The van der Waals surface area contributed by atoms with Gasteiger partial charge < -0.3 is 0 Å². The molecule has 1 atom stereocenters. The highest BCUT2D eigenvalue weighted by molar-refractivity contribution is 6.17. The third-order valence-corrected chi connectivity index (χ3v) is 7.60. The third-order valence-electron chi connectivity index (χ3n) is 6.07. The summed E-state index contributed by atoms with van der Waals surface area (Å²) >= 11 is 0. The van der Waals surface area contributed by atoms with Crippen molar-refractivity contribution in [3.05, 3.63) is 87.7 Å². The van der Waals surface area contributed by atoms with Crippen molar-refractivity contribution in [3.63, 3.8) is 0 Å². The first-order chi connectivity index (χ1) is 13.0. The summed E-state index contributed by atoms with van der Waals surface area (Å²) in [7, 11) is 1.22. The number of allylic oxidation sites excluding steroid dienone is 5. The topological polar surface area (TPSA) is 12.4 Å². The molecular formula is C25H27NSi. The summed E-state index contributed by atoms with van der Waals surface area (Å²) in [5.41, 5.74) is 11.8. The average Bonchev–Trinajstić information content (AvgIpc) is 3.30. The van der Waals surface area contributed by atoms with Gasteiger partial charge in [0.1, 0.15) is 0 Å². The van der Waals surface area contributed by atoms with Gasteiger partial charge >= 0.3 is 0 Å². The van der Waals surface area contributed by atoms with Crippen molar-refractivity contribution < 1.29 is 0 Å². The van der Waals surface area contributed by atoms with Crippen LogP contribution in [0, 0.1) is 0 Å². The lowest BCUT2D eigenvalue weighted by molar-refractivity contribution is 1.14. The van der Waals surface area contributed by atoms with Gasteiger partial charge in [-0.25, -0.2) is 0 Å². The highest BCUT2D eigenvalue weighted by atomic mass is 28.1. The molecule has 0 radical (unpaired) electrons. The first-order valence-corrected chi connectivity index (χ1v) is 11.0. The second kappa shape index (κ2) is 6.93. The second-order valence-corrected chi connectivity index (χ2v) is 8.87. The van der Waals surface area contributed by atoms with Gasteiger partial charge in [-0.1, -0.05) is 61.0 Å². The van der Waals surface area contributed by atoms with Crippen LogP contribution >= 0.6 is 0 Å². The summed E-state index contributed by atoms with van der Waals surface area (Å²) in [4.78, 5) is 4.55. The van der Waals surface area contributed by atoms with E-state index in [1.54, 1.807) is 0 Å². The van der Waals surface area contributed by atoms with Gasteiger partial charge in [0, 0.05) is 21.5 Å². The zero-order valence-electron chi connectivity index (χ0n) is 16.9. The number of fused-ring (bicyclic) bond motifs is 4. The molecule has 0 amide bonds. The molecule has 0 spiro atoms. The summed E-state index contributed by atoms with van der Waals surface area (Å²) < 4.78 is 0.